The molecule has 1 N–H and O–H groups in total. The summed E-state index contributed by atoms with van der Waals surface area (Å²) in [6.07, 6.45) is 5.13. The predicted molar refractivity (Wildman–Crippen MR) is 143 cm³/mol. The number of ether oxygens (including phenoxy) is 1. The maximum atomic E-state index is 13.6. The summed E-state index contributed by atoms with van der Waals surface area (Å²) in [6.45, 7) is 3.84. The van der Waals surface area contributed by atoms with Gasteiger partial charge in [0.25, 0.3) is 10.0 Å². The number of hydrogen-bond acceptors (Lipinski definition) is 4. The van der Waals surface area contributed by atoms with E-state index in [1.165, 1.54) is 53.9 Å². The zero-order valence-corrected chi connectivity index (χ0v) is 22.1. The van der Waals surface area contributed by atoms with Gasteiger partial charge in [-0.2, -0.15) is 0 Å². The molecule has 0 aliphatic heterocycles. The lowest BCUT2D eigenvalue weighted by Gasteiger charge is -2.26. The first-order chi connectivity index (χ1) is 17.8. The van der Waals surface area contributed by atoms with Gasteiger partial charge in [-0.1, -0.05) is 25.1 Å². The van der Waals surface area contributed by atoms with Crippen LogP contribution in [0.15, 0.2) is 71.6 Å². The van der Waals surface area contributed by atoms with E-state index in [0.717, 1.165) is 29.1 Å². The molecule has 0 saturated carbocycles. The fraction of sp³-hybridized carbons (Fsp3) is 0.345. The Labute approximate surface area is 218 Å². The molecular weight excluding hydrogens is 491 g/mol. The van der Waals surface area contributed by atoms with Crippen LogP contribution in [0.2, 0.25) is 0 Å². The van der Waals surface area contributed by atoms with Crippen LogP contribution in [0.25, 0.3) is 0 Å². The van der Waals surface area contributed by atoms with Crippen molar-refractivity contribution in [3.05, 3.63) is 89.2 Å². The third-order valence-electron chi connectivity index (χ3n) is 6.64. The smallest absolute Gasteiger partial charge is 0.264 e. The molecule has 6 nitrogen and oxygen atoms in total. The molecule has 0 fully saturated rings. The van der Waals surface area contributed by atoms with Crippen molar-refractivity contribution in [1.82, 2.24) is 5.32 Å². The van der Waals surface area contributed by atoms with Gasteiger partial charge in [-0.15, -0.1) is 0 Å². The number of fused-ring (bicyclic) bond motifs is 1. The van der Waals surface area contributed by atoms with Crippen LogP contribution in [0.4, 0.5) is 10.1 Å². The molecular formula is C29H33FN2O4S. The molecule has 0 spiro atoms. The SMILES string of the molecule is CCOc1ccc(S(=O)(=O)N(CC(=O)NC(CC)c2ccc3c(c2)CCCC3)c2ccc(F)cc2)cc1. The number of anilines is 1. The second-order valence-electron chi connectivity index (χ2n) is 9.16. The highest BCUT2D eigenvalue weighted by molar-refractivity contribution is 7.92. The monoisotopic (exact) mass is 524 g/mol. The molecule has 1 unspecified atom stereocenters. The lowest BCUT2D eigenvalue weighted by atomic mass is 9.89. The summed E-state index contributed by atoms with van der Waals surface area (Å²) >= 11 is 0. The normalized spacial score (nSPS) is 13.9. The summed E-state index contributed by atoms with van der Waals surface area (Å²) in [5.41, 5.74) is 3.90. The Morgan fingerprint density at radius 2 is 1.65 bits per heavy atom. The topological polar surface area (TPSA) is 75.7 Å². The second kappa shape index (κ2) is 11.8. The average Bonchev–Trinajstić information content (AvgIpc) is 2.91. The van der Waals surface area contributed by atoms with Gasteiger partial charge in [0.2, 0.25) is 5.91 Å². The van der Waals surface area contributed by atoms with Gasteiger partial charge >= 0.3 is 0 Å². The summed E-state index contributed by atoms with van der Waals surface area (Å²) in [7, 11) is -4.12. The first-order valence-electron chi connectivity index (χ1n) is 12.7. The van der Waals surface area contributed by atoms with Crippen LogP contribution in [-0.2, 0) is 27.7 Å². The van der Waals surface area contributed by atoms with Crippen LogP contribution < -0.4 is 14.4 Å². The predicted octanol–water partition coefficient (Wildman–Crippen LogP) is 5.57. The van der Waals surface area contributed by atoms with Crippen molar-refractivity contribution >= 4 is 21.6 Å². The van der Waals surface area contributed by atoms with Crippen molar-refractivity contribution < 1.29 is 22.3 Å². The highest BCUT2D eigenvalue weighted by Crippen LogP contribution is 2.28. The highest BCUT2D eigenvalue weighted by atomic mass is 32.2. The molecule has 3 aromatic rings. The highest BCUT2D eigenvalue weighted by Gasteiger charge is 2.28. The molecule has 0 saturated heterocycles. The van der Waals surface area contributed by atoms with Crippen LogP contribution in [-0.4, -0.2) is 27.5 Å². The van der Waals surface area contributed by atoms with Gasteiger partial charge in [0.1, 0.15) is 18.1 Å². The van der Waals surface area contributed by atoms with E-state index in [1.807, 2.05) is 19.9 Å². The van der Waals surface area contributed by atoms with E-state index in [-0.39, 0.29) is 16.6 Å². The zero-order valence-electron chi connectivity index (χ0n) is 21.2. The van der Waals surface area contributed by atoms with Crippen molar-refractivity contribution in [1.29, 1.82) is 0 Å². The Balaban J connectivity index is 1.58. The van der Waals surface area contributed by atoms with Crippen LogP contribution in [0, 0.1) is 5.82 Å². The molecule has 8 heteroatoms. The van der Waals surface area contributed by atoms with E-state index in [1.54, 1.807) is 12.1 Å². The molecule has 3 aromatic carbocycles. The molecule has 4 rings (SSSR count). The van der Waals surface area contributed by atoms with Gasteiger partial charge in [-0.05, 0) is 104 Å². The Kier molecular flexibility index (Phi) is 8.48. The van der Waals surface area contributed by atoms with Crippen molar-refractivity contribution in [2.24, 2.45) is 0 Å². The minimum absolute atomic E-state index is 0.00908. The van der Waals surface area contributed by atoms with Crippen molar-refractivity contribution in [2.75, 3.05) is 17.5 Å². The number of carbonyl (C=O) groups is 1. The minimum Gasteiger partial charge on any atom is -0.494 e. The number of hydrogen-bond donors (Lipinski definition) is 1. The van der Waals surface area contributed by atoms with E-state index in [2.05, 4.69) is 17.4 Å². The van der Waals surface area contributed by atoms with Crippen molar-refractivity contribution in [3.8, 4) is 5.75 Å². The number of sulfonamides is 1. The molecule has 1 amide bonds. The number of benzene rings is 3. The van der Waals surface area contributed by atoms with Crippen molar-refractivity contribution in [3.63, 3.8) is 0 Å². The summed E-state index contributed by atoms with van der Waals surface area (Å²) in [4.78, 5) is 13.2. The Morgan fingerprint density at radius 3 is 2.30 bits per heavy atom. The zero-order chi connectivity index (χ0) is 26.4. The number of nitrogens with zero attached hydrogens (tertiary/aromatic N) is 1. The van der Waals surface area contributed by atoms with E-state index in [0.29, 0.717) is 18.8 Å². The van der Waals surface area contributed by atoms with E-state index < -0.39 is 28.3 Å². The first-order valence-corrected chi connectivity index (χ1v) is 14.2. The van der Waals surface area contributed by atoms with Crippen LogP contribution in [0.3, 0.4) is 0 Å². The first kappa shape index (κ1) is 26.7. The minimum atomic E-state index is -4.12. The number of aryl methyl sites for hydroxylation is 2. The van der Waals surface area contributed by atoms with Gasteiger partial charge in [-0.25, -0.2) is 12.8 Å². The number of amides is 1. The van der Waals surface area contributed by atoms with Gasteiger partial charge in [0.15, 0.2) is 0 Å². The standard InChI is InChI=1S/C29H33FN2O4S/c1-3-28(23-10-9-21-7-5-6-8-22(21)19-23)31-29(33)20-32(25-13-11-24(30)12-14-25)37(34,35)27-17-15-26(16-18-27)36-4-2/h9-19,28H,3-8,20H2,1-2H3,(H,31,33). The third kappa shape index (κ3) is 6.31. The summed E-state index contributed by atoms with van der Waals surface area (Å²) in [5, 5.41) is 3.01. The molecule has 1 atom stereocenters. The molecule has 1 aliphatic rings. The van der Waals surface area contributed by atoms with Gasteiger partial charge in [0, 0.05) is 0 Å². The quantitative estimate of drug-likeness (QED) is 0.377. The summed E-state index contributed by atoms with van der Waals surface area (Å²) in [6, 6.07) is 17.2. The number of carbonyl (C=O) groups excluding carboxylic acids is 1. The average molecular weight is 525 g/mol. The lowest BCUT2D eigenvalue weighted by Crippen LogP contribution is -2.42. The fourth-order valence-corrected chi connectivity index (χ4v) is 6.11. The fourth-order valence-electron chi connectivity index (χ4n) is 4.69. The summed E-state index contributed by atoms with van der Waals surface area (Å²) in [5.74, 6) is -0.392. The third-order valence-corrected chi connectivity index (χ3v) is 8.43. The van der Waals surface area contributed by atoms with E-state index in [4.69, 9.17) is 4.74 Å². The van der Waals surface area contributed by atoms with Crippen LogP contribution in [0.5, 0.6) is 5.75 Å². The maximum Gasteiger partial charge on any atom is 0.264 e. The molecule has 0 aromatic heterocycles. The van der Waals surface area contributed by atoms with Crippen molar-refractivity contribution in [2.45, 2.75) is 56.9 Å². The molecule has 0 bridgehead atoms. The lowest BCUT2D eigenvalue weighted by molar-refractivity contribution is -0.120. The second-order valence-corrected chi connectivity index (χ2v) is 11.0. The number of rotatable bonds is 10. The van der Waals surface area contributed by atoms with Gasteiger partial charge in [0.05, 0.1) is 23.2 Å². The van der Waals surface area contributed by atoms with Crippen LogP contribution in [0.1, 0.15) is 55.8 Å². The van der Waals surface area contributed by atoms with Gasteiger partial charge in [-0.3, -0.25) is 9.10 Å². The summed E-state index contributed by atoms with van der Waals surface area (Å²) < 4.78 is 47.3. The van der Waals surface area contributed by atoms with Crippen LogP contribution >= 0.6 is 0 Å². The molecule has 37 heavy (non-hydrogen) atoms. The number of nitrogens with one attached hydrogen (secondary N) is 1. The molecule has 0 radical (unpaired) electrons. The van der Waals surface area contributed by atoms with E-state index in [9.17, 15) is 17.6 Å². The molecule has 0 heterocycles. The Morgan fingerprint density at radius 1 is 0.973 bits per heavy atom. The largest absolute Gasteiger partial charge is 0.494 e. The molecule has 196 valence electrons. The Bertz CT molecular complexity index is 1330. The maximum absolute atomic E-state index is 13.6. The number of halogens is 1. The Hall–Kier alpha value is -3.39. The van der Waals surface area contributed by atoms with Gasteiger partial charge < -0.3 is 10.1 Å². The molecule has 1 aliphatic carbocycles. The van der Waals surface area contributed by atoms with E-state index >= 15 is 0 Å².